The molecule has 1 aromatic heterocycles. The van der Waals surface area contributed by atoms with Crippen molar-refractivity contribution in [1.82, 2.24) is 14.8 Å². The predicted octanol–water partition coefficient (Wildman–Crippen LogP) is 5.49. The Bertz CT molecular complexity index is 1640. The molecule has 0 saturated carbocycles. The molecule has 1 aliphatic heterocycles. The standard InChI is InChI=1S/C29H26ClF2N3O3S/c1-19-16-34(17-21-12-23(31)15-24(32)13-21)10-11-35(19)29(36)25-8-7-20(14-26(25)30)18-39(37,38)27-6-2-4-22-5-3-9-33-28(22)27/h2-9,12-15,19H,10-11,16-18H2,1H3/t19-/m0/s1. The van der Waals surface area contributed by atoms with Crippen LogP contribution in [0.25, 0.3) is 10.9 Å². The van der Waals surface area contributed by atoms with Crippen LogP contribution in [0.5, 0.6) is 0 Å². The summed E-state index contributed by atoms with van der Waals surface area (Å²) in [7, 11) is -3.73. The summed E-state index contributed by atoms with van der Waals surface area (Å²) in [6.45, 7) is 3.75. The number of fused-ring (bicyclic) bond motifs is 1. The van der Waals surface area contributed by atoms with Crippen LogP contribution < -0.4 is 0 Å². The van der Waals surface area contributed by atoms with Crippen molar-refractivity contribution in [2.45, 2.75) is 30.2 Å². The van der Waals surface area contributed by atoms with Gasteiger partial charge < -0.3 is 4.90 Å². The molecule has 0 unspecified atom stereocenters. The van der Waals surface area contributed by atoms with Gasteiger partial charge in [0.2, 0.25) is 0 Å². The summed E-state index contributed by atoms with van der Waals surface area (Å²) in [5.74, 6) is -1.78. The minimum Gasteiger partial charge on any atom is -0.333 e. The summed E-state index contributed by atoms with van der Waals surface area (Å²) in [5.41, 5.74) is 1.70. The maximum Gasteiger partial charge on any atom is 0.255 e. The first-order valence-corrected chi connectivity index (χ1v) is 14.5. The fourth-order valence-electron chi connectivity index (χ4n) is 5.04. The Balaban J connectivity index is 1.28. The molecule has 1 fully saturated rings. The van der Waals surface area contributed by atoms with Crippen molar-refractivity contribution in [1.29, 1.82) is 0 Å². The lowest BCUT2D eigenvalue weighted by Gasteiger charge is -2.40. The second kappa shape index (κ2) is 11.0. The number of hydrogen-bond donors (Lipinski definition) is 0. The Morgan fingerprint density at radius 2 is 1.74 bits per heavy atom. The zero-order chi connectivity index (χ0) is 27.7. The van der Waals surface area contributed by atoms with Crippen molar-refractivity contribution in [3.05, 3.63) is 106 Å². The number of aromatic nitrogens is 1. The molecular formula is C29H26ClF2N3O3S. The summed E-state index contributed by atoms with van der Waals surface area (Å²) in [4.78, 5) is 21.5. The number of halogens is 3. The first kappa shape index (κ1) is 27.2. The third kappa shape index (κ3) is 5.95. The van der Waals surface area contributed by atoms with E-state index in [9.17, 15) is 22.0 Å². The summed E-state index contributed by atoms with van der Waals surface area (Å²) in [6, 6.07) is 16.6. The number of rotatable bonds is 6. The molecule has 0 radical (unpaired) electrons. The fourth-order valence-corrected chi connectivity index (χ4v) is 6.85. The molecule has 0 spiro atoms. The highest BCUT2D eigenvalue weighted by Gasteiger charge is 2.29. The Morgan fingerprint density at radius 1 is 1.00 bits per heavy atom. The maximum absolute atomic E-state index is 13.6. The van der Waals surface area contributed by atoms with Crippen LogP contribution in [0.4, 0.5) is 8.78 Å². The third-order valence-corrected chi connectivity index (χ3v) is 8.88. The Morgan fingerprint density at radius 3 is 2.46 bits per heavy atom. The molecule has 39 heavy (non-hydrogen) atoms. The van der Waals surface area contributed by atoms with Gasteiger partial charge in [-0.25, -0.2) is 17.2 Å². The topological polar surface area (TPSA) is 70.6 Å². The number of hydrogen-bond acceptors (Lipinski definition) is 5. The number of sulfone groups is 1. The highest BCUT2D eigenvalue weighted by atomic mass is 35.5. The number of nitrogens with zero attached hydrogens (tertiary/aromatic N) is 3. The molecule has 1 amide bonds. The minimum absolute atomic E-state index is 0.143. The summed E-state index contributed by atoms with van der Waals surface area (Å²) in [5, 5.41) is 0.906. The molecule has 1 aliphatic rings. The summed E-state index contributed by atoms with van der Waals surface area (Å²) in [6.07, 6.45) is 1.56. The number of piperazine rings is 1. The lowest BCUT2D eigenvalue weighted by atomic mass is 10.1. The van der Waals surface area contributed by atoms with E-state index in [1.54, 1.807) is 47.5 Å². The van der Waals surface area contributed by atoms with Gasteiger partial charge in [0.15, 0.2) is 9.84 Å². The van der Waals surface area contributed by atoms with E-state index in [1.165, 1.54) is 24.3 Å². The third-order valence-electron chi connectivity index (χ3n) is 6.85. The quantitative estimate of drug-likeness (QED) is 0.307. The van der Waals surface area contributed by atoms with Crippen molar-refractivity contribution < 1.29 is 22.0 Å². The van der Waals surface area contributed by atoms with Gasteiger partial charge in [0.1, 0.15) is 11.6 Å². The molecule has 5 rings (SSSR count). The molecule has 6 nitrogen and oxygen atoms in total. The van der Waals surface area contributed by atoms with Gasteiger partial charge in [-0.15, -0.1) is 0 Å². The number of carbonyl (C=O) groups excluding carboxylic acids is 1. The van der Waals surface area contributed by atoms with Gasteiger partial charge in [0.25, 0.3) is 5.91 Å². The first-order chi connectivity index (χ1) is 18.6. The van der Waals surface area contributed by atoms with Crippen LogP contribution in [0.1, 0.15) is 28.4 Å². The first-order valence-electron chi connectivity index (χ1n) is 12.4. The van der Waals surface area contributed by atoms with Crippen LogP contribution in [-0.4, -0.2) is 54.8 Å². The Kier molecular flexibility index (Phi) is 7.66. The molecular weight excluding hydrogens is 544 g/mol. The van der Waals surface area contributed by atoms with E-state index < -0.39 is 21.5 Å². The number of para-hydroxylation sites is 1. The van der Waals surface area contributed by atoms with Crippen LogP contribution in [0.2, 0.25) is 5.02 Å². The van der Waals surface area contributed by atoms with E-state index in [1.807, 2.05) is 11.8 Å². The maximum atomic E-state index is 13.6. The minimum atomic E-state index is -3.73. The number of amides is 1. The lowest BCUT2D eigenvalue weighted by molar-refractivity contribution is 0.0475. The van der Waals surface area contributed by atoms with E-state index in [2.05, 4.69) is 4.98 Å². The van der Waals surface area contributed by atoms with Gasteiger partial charge >= 0.3 is 0 Å². The van der Waals surface area contributed by atoms with Crippen molar-refractivity contribution in [2.24, 2.45) is 0 Å². The van der Waals surface area contributed by atoms with Crippen molar-refractivity contribution in [2.75, 3.05) is 19.6 Å². The van der Waals surface area contributed by atoms with Crippen LogP contribution in [0, 0.1) is 11.6 Å². The Hall–Kier alpha value is -3.40. The highest BCUT2D eigenvalue weighted by Crippen LogP contribution is 2.27. The van der Waals surface area contributed by atoms with Gasteiger partial charge in [0.05, 0.1) is 26.8 Å². The average Bonchev–Trinajstić information content (AvgIpc) is 2.87. The zero-order valence-corrected chi connectivity index (χ0v) is 22.7. The molecule has 202 valence electrons. The van der Waals surface area contributed by atoms with Crippen LogP contribution in [0.3, 0.4) is 0 Å². The normalized spacial score (nSPS) is 16.5. The summed E-state index contributed by atoms with van der Waals surface area (Å²) >= 11 is 6.49. The SMILES string of the molecule is C[C@H]1CN(Cc2cc(F)cc(F)c2)CCN1C(=O)c1ccc(CS(=O)(=O)c2cccc3cccnc23)cc1Cl. The zero-order valence-electron chi connectivity index (χ0n) is 21.1. The second-order valence-electron chi connectivity index (χ2n) is 9.76. The van der Waals surface area contributed by atoms with Gasteiger partial charge in [-0.1, -0.05) is 35.9 Å². The van der Waals surface area contributed by atoms with Gasteiger partial charge in [-0.2, -0.15) is 0 Å². The highest BCUT2D eigenvalue weighted by molar-refractivity contribution is 7.90. The van der Waals surface area contributed by atoms with Crippen LogP contribution >= 0.6 is 11.6 Å². The van der Waals surface area contributed by atoms with Crippen LogP contribution in [0.15, 0.2) is 77.8 Å². The molecule has 4 aromatic rings. The van der Waals surface area contributed by atoms with E-state index in [0.717, 1.165) is 11.5 Å². The average molecular weight is 570 g/mol. The van der Waals surface area contributed by atoms with E-state index >= 15 is 0 Å². The predicted molar refractivity (Wildman–Crippen MR) is 146 cm³/mol. The molecule has 1 atom stereocenters. The molecule has 0 N–H and O–H groups in total. The van der Waals surface area contributed by atoms with Gasteiger partial charge in [0, 0.05) is 49.9 Å². The second-order valence-corrected chi connectivity index (χ2v) is 12.1. The van der Waals surface area contributed by atoms with Gasteiger partial charge in [-0.05, 0) is 54.4 Å². The molecule has 2 heterocycles. The molecule has 10 heteroatoms. The van der Waals surface area contributed by atoms with E-state index in [-0.39, 0.29) is 33.2 Å². The molecule has 0 bridgehead atoms. The van der Waals surface area contributed by atoms with Crippen molar-refractivity contribution >= 4 is 38.2 Å². The molecule has 3 aromatic carbocycles. The van der Waals surface area contributed by atoms with Gasteiger partial charge in [-0.3, -0.25) is 14.7 Å². The largest absolute Gasteiger partial charge is 0.333 e. The fraction of sp³-hybridized carbons (Fsp3) is 0.241. The van der Waals surface area contributed by atoms with Crippen molar-refractivity contribution in [3.8, 4) is 0 Å². The van der Waals surface area contributed by atoms with E-state index in [0.29, 0.717) is 42.8 Å². The van der Waals surface area contributed by atoms with Crippen LogP contribution in [-0.2, 0) is 22.1 Å². The molecule has 0 aliphatic carbocycles. The number of pyridine rings is 1. The lowest BCUT2D eigenvalue weighted by Crippen LogP contribution is -2.53. The smallest absolute Gasteiger partial charge is 0.255 e. The number of benzene rings is 3. The van der Waals surface area contributed by atoms with E-state index in [4.69, 9.17) is 11.6 Å². The Labute approximate surface area is 230 Å². The number of carbonyl (C=O) groups is 1. The molecule has 1 saturated heterocycles. The summed E-state index contributed by atoms with van der Waals surface area (Å²) < 4.78 is 53.6. The van der Waals surface area contributed by atoms with Crippen molar-refractivity contribution in [3.63, 3.8) is 0 Å². The monoisotopic (exact) mass is 569 g/mol.